The van der Waals surface area contributed by atoms with E-state index in [1.54, 1.807) is 0 Å². The van der Waals surface area contributed by atoms with Gasteiger partial charge in [-0.05, 0) is 43.9 Å². The number of rotatable bonds is 6. The summed E-state index contributed by atoms with van der Waals surface area (Å²) in [5, 5.41) is 8.77. The topological polar surface area (TPSA) is 66.8 Å². The van der Waals surface area contributed by atoms with Gasteiger partial charge in [0.2, 0.25) is 5.91 Å². The van der Waals surface area contributed by atoms with Crippen LogP contribution in [0.3, 0.4) is 0 Å². The Bertz CT molecular complexity index is 385. The Morgan fingerprint density at radius 3 is 2.77 bits per heavy atom. The molecule has 5 nitrogen and oxygen atoms in total. The second kappa shape index (κ2) is 8.51. The Morgan fingerprint density at radius 1 is 1.23 bits per heavy atom. The van der Waals surface area contributed by atoms with Gasteiger partial charge in [0.25, 0.3) is 0 Å². The number of likely N-dealkylation sites (tertiary alicyclic amines) is 1. The van der Waals surface area contributed by atoms with Crippen LogP contribution in [0, 0.1) is 11.8 Å². The van der Waals surface area contributed by atoms with Crippen LogP contribution < -0.4 is 0 Å². The average Bonchev–Trinajstić information content (AvgIpc) is 2.51. The molecule has 0 aromatic carbocycles. The molecule has 1 aliphatic carbocycles. The van der Waals surface area contributed by atoms with Crippen LogP contribution in [0.1, 0.15) is 58.3 Å². The van der Waals surface area contributed by atoms with Crippen molar-refractivity contribution in [3.63, 3.8) is 0 Å². The van der Waals surface area contributed by atoms with Crippen molar-refractivity contribution in [2.75, 3.05) is 19.7 Å². The lowest BCUT2D eigenvalue weighted by molar-refractivity contribution is -0.141. The second-order valence-corrected chi connectivity index (χ2v) is 6.99. The first-order valence-electron chi connectivity index (χ1n) is 8.65. The highest BCUT2D eigenvalue weighted by Crippen LogP contribution is 2.26. The molecule has 3 atom stereocenters. The molecule has 5 heteroatoms. The lowest BCUT2D eigenvalue weighted by atomic mass is 9.89. The van der Waals surface area contributed by atoms with Crippen LogP contribution in [0.25, 0.3) is 0 Å². The number of aliphatic carboxylic acids is 1. The maximum absolute atomic E-state index is 12.3. The SMILES string of the molecule is C[C@@H]1CCC[C@@H](OCC(=O)N2CCC[C@H](CCC(=O)O)C2)C1. The third-order valence-electron chi connectivity index (χ3n) is 4.97. The van der Waals surface area contributed by atoms with Gasteiger partial charge in [-0.25, -0.2) is 0 Å². The lowest BCUT2D eigenvalue weighted by Gasteiger charge is -2.33. The van der Waals surface area contributed by atoms with Crippen molar-refractivity contribution in [3.05, 3.63) is 0 Å². The van der Waals surface area contributed by atoms with Crippen LogP contribution in [-0.2, 0) is 14.3 Å². The molecule has 1 saturated heterocycles. The molecule has 126 valence electrons. The Labute approximate surface area is 133 Å². The Hall–Kier alpha value is -1.10. The molecule has 0 aromatic rings. The molecule has 0 bridgehead atoms. The van der Waals surface area contributed by atoms with E-state index in [1.165, 1.54) is 12.8 Å². The van der Waals surface area contributed by atoms with Crippen molar-refractivity contribution >= 4 is 11.9 Å². The van der Waals surface area contributed by atoms with E-state index in [-0.39, 0.29) is 25.0 Å². The summed E-state index contributed by atoms with van der Waals surface area (Å²) >= 11 is 0. The van der Waals surface area contributed by atoms with Gasteiger partial charge in [-0.1, -0.05) is 19.8 Å². The number of carboxylic acids is 1. The number of ether oxygens (including phenoxy) is 1. The Balaban J connectivity index is 1.70. The van der Waals surface area contributed by atoms with Crippen molar-refractivity contribution in [2.24, 2.45) is 11.8 Å². The molecule has 2 aliphatic rings. The monoisotopic (exact) mass is 311 g/mol. The average molecular weight is 311 g/mol. The number of piperidine rings is 1. The largest absolute Gasteiger partial charge is 0.481 e. The fraction of sp³-hybridized carbons (Fsp3) is 0.882. The second-order valence-electron chi connectivity index (χ2n) is 6.99. The summed E-state index contributed by atoms with van der Waals surface area (Å²) < 4.78 is 5.82. The highest BCUT2D eigenvalue weighted by atomic mass is 16.5. The smallest absolute Gasteiger partial charge is 0.303 e. The normalized spacial score (nSPS) is 29.3. The number of carboxylic acid groups (broad SMARTS) is 1. The van der Waals surface area contributed by atoms with Crippen molar-refractivity contribution in [1.82, 2.24) is 4.90 Å². The summed E-state index contributed by atoms with van der Waals surface area (Å²) in [5.41, 5.74) is 0. The first kappa shape index (κ1) is 17.3. The van der Waals surface area contributed by atoms with Gasteiger partial charge < -0.3 is 14.7 Å². The molecule has 0 aromatic heterocycles. The Morgan fingerprint density at radius 2 is 2.05 bits per heavy atom. The lowest BCUT2D eigenvalue weighted by Crippen LogP contribution is -2.42. The molecule has 22 heavy (non-hydrogen) atoms. The van der Waals surface area contributed by atoms with E-state index in [4.69, 9.17) is 9.84 Å². The molecule has 0 radical (unpaired) electrons. The van der Waals surface area contributed by atoms with E-state index >= 15 is 0 Å². The minimum absolute atomic E-state index is 0.0678. The minimum Gasteiger partial charge on any atom is -0.481 e. The van der Waals surface area contributed by atoms with Crippen LogP contribution in [0.15, 0.2) is 0 Å². The van der Waals surface area contributed by atoms with E-state index in [9.17, 15) is 9.59 Å². The third-order valence-corrected chi connectivity index (χ3v) is 4.97. The summed E-state index contributed by atoms with van der Waals surface area (Å²) in [4.78, 5) is 24.8. The summed E-state index contributed by atoms with van der Waals surface area (Å²) in [5.74, 6) is 0.337. The van der Waals surface area contributed by atoms with E-state index in [0.29, 0.717) is 24.8 Å². The number of nitrogens with zero attached hydrogens (tertiary/aromatic N) is 1. The molecule has 2 fully saturated rings. The van der Waals surface area contributed by atoms with Crippen LogP contribution >= 0.6 is 0 Å². The molecule has 0 spiro atoms. The predicted octanol–water partition coefficient (Wildman–Crippen LogP) is 2.69. The van der Waals surface area contributed by atoms with E-state index < -0.39 is 5.97 Å². The number of carbonyl (C=O) groups is 2. The van der Waals surface area contributed by atoms with Crippen LogP contribution in [0.5, 0.6) is 0 Å². The molecular weight excluding hydrogens is 282 g/mol. The molecular formula is C17H29NO4. The van der Waals surface area contributed by atoms with Gasteiger partial charge in [-0.15, -0.1) is 0 Å². The zero-order chi connectivity index (χ0) is 15.9. The van der Waals surface area contributed by atoms with Gasteiger partial charge in [0.15, 0.2) is 0 Å². The number of hydrogen-bond acceptors (Lipinski definition) is 3. The fourth-order valence-electron chi connectivity index (χ4n) is 3.67. The first-order chi connectivity index (χ1) is 10.5. The van der Waals surface area contributed by atoms with Crippen molar-refractivity contribution in [3.8, 4) is 0 Å². The molecule has 1 saturated carbocycles. The van der Waals surface area contributed by atoms with Crippen LogP contribution in [0.2, 0.25) is 0 Å². The molecule has 1 aliphatic heterocycles. The number of carbonyl (C=O) groups excluding carboxylic acids is 1. The predicted molar refractivity (Wildman–Crippen MR) is 83.5 cm³/mol. The zero-order valence-electron chi connectivity index (χ0n) is 13.6. The summed E-state index contributed by atoms with van der Waals surface area (Å²) in [6, 6.07) is 0. The molecule has 0 unspecified atom stereocenters. The number of hydrogen-bond donors (Lipinski definition) is 1. The standard InChI is InChI=1S/C17H29NO4/c1-13-4-2-6-15(10-13)22-12-16(19)18-9-3-5-14(11-18)7-8-17(20)21/h13-15H,2-12H2,1H3,(H,20,21)/t13-,14-,15-/m1/s1. The van der Waals surface area contributed by atoms with Gasteiger partial charge in [-0.2, -0.15) is 0 Å². The van der Waals surface area contributed by atoms with Crippen LogP contribution in [-0.4, -0.2) is 47.7 Å². The fourth-order valence-corrected chi connectivity index (χ4v) is 3.67. The van der Waals surface area contributed by atoms with E-state index in [1.807, 2.05) is 4.90 Å². The third kappa shape index (κ3) is 5.59. The van der Waals surface area contributed by atoms with Crippen molar-refractivity contribution in [2.45, 2.75) is 64.4 Å². The van der Waals surface area contributed by atoms with Crippen molar-refractivity contribution in [1.29, 1.82) is 0 Å². The summed E-state index contributed by atoms with van der Waals surface area (Å²) in [6.45, 7) is 3.90. The van der Waals surface area contributed by atoms with E-state index in [0.717, 1.165) is 32.2 Å². The van der Waals surface area contributed by atoms with Crippen molar-refractivity contribution < 1.29 is 19.4 Å². The summed E-state index contributed by atoms with van der Waals surface area (Å²) in [7, 11) is 0. The molecule has 1 amide bonds. The van der Waals surface area contributed by atoms with Crippen LogP contribution in [0.4, 0.5) is 0 Å². The molecule has 1 heterocycles. The minimum atomic E-state index is -0.752. The van der Waals surface area contributed by atoms with Gasteiger partial charge in [0, 0.05) is 19.5 Å². The highest BCUT2D eigenvalue weighted by Gasteiger charge is 2.25. The maximum atomic E-state index is 12.3. The van der Waals surface area contributed by atoms with Gasteiger partial charge in [-0.3, -0.25) is 9.59 Å². The van der Waals surface area contributed by atoms with Gasteiger partial charge in [0.05, 0.1) is 6.10 Å². The zero-order valence-corrected chi connectivity index (χ0v) is 13.6. The molecule has 2 rings (SSSR count). The molecule has 1 N–H and O–H groups in total. The van der Waals surface area contributed by atoms with Gasteiger partial charge >= 0.3 is 5.97 Å². The quantitative estimate of drug-likeness (QED) is 0.819. The summed E-state index contributed by atoms with van der Waals surface area (Å²) in [6.07, 6.45) is 7.69. The maximum Gasteiger partial charge on any atom is 0.303 e. The first-order valence-corrected chi connectivity index (χ1v) is 8.65. The van der Waals surface area contributed by atoms with E-state index in [2.05, 4.69) is 6.92 Å². The van der Waals surface area contributed by atoms with Gasteiger partial charge in [0.1, 0.15) is 6.61 Å². The highest BCUT2D eigenvalue weighted by molar-refractivity contribution is 5.77. The number of amides is 1. The Kier molecular flexibility index (Phi) is 6.68.